The molecule has 0 spiro atoms. The maximum atomic E-state index is 6.33. The van der Waals surface area contributed by atoms with Gasteiger partial charge in [-0.25, -0.2) is 4.98 Å². The van der Waals surface area contributed by atoms with Crippen molar-refractivity contribution in [2.24, 2.45) is 0 Å². The number of aryl methyl sites for hydroxylation is 1. The fourth-order valence-electron chi connectivity index (χ4n) is 4.97. The van der Waals surface area contributed by atoms with Crippen LogP contribution in [0.15, 0.2) is 109 Å². The Hall–Kier alpha value is -4.15. The second-order valence-electron chi connectivity index (χ2n) is 8.99. The number of anilines is 1. The van der Waals surface area contributed by atoms with Crippen molar-refractivity contribution in [3.63, 3.8) is 0 Å². The van der Waals surface area contributed by atoms with Crippen LogP contribution in [-0.4, -0.2) is 9.38 Å². The summed E-state index contributed by atoms with van der Waals surface area (Å²) in [5.74, 6) is 0.506. The number of nitrogens with two attached hydrogens (primary N) is 1. The number of rotatable bonds is 1. The van der Waals surface area contributed by atoms with Gasteiger partial charge < -0.3 is 5.73 Å². The standard InChI is InChI=1S/C20H15N3S.C12H12/c1-12-15-10-19-16(14-7-3-5-9-18(14)24-19)11-22-20(21)23(12)17-8-4-2-6-13(15)17;1-3-7-11(8-4-1)12-9-5-2-6-10-12/h2-11H,1H3,(H2,21,22);1,3-5,7-10H,2,6H2. The second kappa shape index (κ2) is 9.48. The van der Waals surface area contributed by atoms with Gasteiger partial charge in [0.2, 0.25) is 5.95 Å². The molecule has 0 radical (unpaired) electrons. The zero-order valence-electron chi connectivity index (χ0n) is 20.2. The Kier molecular flexibility index (Phi) is 5.88. The molecule has 2 bridgehead atoms. The highest BCUT2D eigenvalue weighted by atomic mass is 32.1. The Morgan fingerprint density at radius 1 is 0.778 bits per heavy atom. The summed E-state index contributed by atoms with van der Waals surface area (Å²) < 4.78 is 4.53. The summed E-state index contributed by atoms with van der Waals surface area (Å²) in [5.41, 5.74) is 11.2. The Labute approximate surface area is 214 Å². The lowest BCUT2D eigenvalue weighted by atomic mass is 10.00. The predicted octanol–water partition coefficient (Wildman–Crippen LogP) is 8.73. The van der Waals surface area contributed by atoms with E-state index in [1.807, 2.05) is 16.7 Å². The fraction of sp³-hybridized carbons (Fsp3) is 0.0938. The van der Waals surface area contributed by atoms with E-state index < -0.39 is 0 Å². The molecule has 0 saturated heterocycles. The molecule has 36 heavy (non-hydrogen) atoms. The van der Waals surface area contributed by atoms with E-state index in [-0.39, 0.29) is 0 Å². The monoisotopic (exact) mass is 485 g/mol. The van der Waals surface area contributed by atoms with Crippen molar-refractivity contribution in [3.05, 3.63) is 121 Å². The molecule has 7 rings (SSSR count). The smallest absolute Gasteiger partial charge is 0.204 e. The van der Waals surface area contributed by atoms with Crippen molar-refractivity contribution in [2.75, 3.05) is 5.73 Å². The van der Waals surface area contributed by atoms with Crippen LogP contribution in [0.1, 0.15) is 24.1 Å². The van der Waals surface area contributed by atoms with Gasteiger partial charge in [-0.15, -0.1) is 11.3 Å². The number of nitrogens with zero attached hydrogens (tertiary/aromatic N) is 2. The van der Waals surface area contributed by atoms with E-state index in [0.717, 1.165) is 16.6 Å². The minimum absolute atomic E-state index is 0.506. The van der Waals surface area contributed by atoms with E-state index in [2.05, 4.69) is 109 Å². The maximum Gasteiger partial charge on any atom is 0.204 e. The first-order valence-corrected chi connectivity index (χ1v) is 13.1. The van der Waals surface area contributed by atoms with Gasteiger partial charge in [0.05, 0.1) is 5.52 Å². The van der Waals surface area contributed by atoms with E-state index in [9.17, 15) is 0 Å². The van der Waals surface area contributed by atoms with Gasteiger partial charge in [-0.3, -0.25) is 4.40 Å². The third kappa shape index (κ3) is 4.00. The highest BCUT2D eigenvalue weighted by molar-refractivity contribution is 7.25. The molecule has 0 amide bonds. The molecule has 2 N–H and O–H groups in total. The van der Waals surface area contributed by atoms with Crippen LogP contribution in [0.5, 0.6) is 0 Å². The van der Waals surface area contributed by atoms with Crippen molar-refractivity contribution in [1.29, 1.82) is 0 Å². The van der Waals surface area contributed by atoms with E-state index in [0.29, 0.717) is 5.95 Å². The molecule has 6 aromatic rings. The number of aromatic nitrogens is 2. The first-order chi connectivity index (χ1) is 17.7. The summed E-state index contributed by atoms with van der Waals surface area (Å²) in [4.78, 5) is 4.58. The van der Waals surface area contributed by atoms with Gasteiger partial charge in [-0.2, -0.15) is 0 Å². The number of allylic oxidation sites excluding steroid dienone is 4. The molecule has 0 fully saturated rings. The van der Waals surface area contributed by atoms with E-state index >= 15 is 0 Å². The normalized spacial score (nSPS) is 13.1. The molecule has 1 aliphatic carbocycles. The second-order valence-corrected chi connectivity index (χ2v) is 10.1. The van der Waals surface area contributed by atoms with Gasteiger partial charge in [0, 0.05) is 42.8 Å². The van der Waals surface area contributed by atoms with Crippen molar-refractivity contribution in [2.45, 2.75) is 19.8 Å². The number of hydrogen-bond donors (Lipinski definition) is 1. The molecular weight excluding hydrogens is 458 g/mol. The van der Waals surface area contributed by atoms with Crippen LogP contribution in [-0.2, 0) is 0 Å². The molecular formula is C32H27N3S. The average Bonchev–Trinajstić information content (AvgIpc) is 3.44. The number of fused-ring (bicyclic) bond motifs is 8. The van der Waals surface area contributed by atoms with Crippen molar-refractivity contribution >= 4 is 59.3 Å². The molecule has 1 aliphatic rings. The Morgan fingerprint density at radius 3 is 2.33 bits per heavy atom. The molecule has 0 saturated carbocycles. The lowest BCUT2D eigenvalue weighted by Gasteiger charge is -2.05. The van der Waals surface area contributed by atoms with Crippen molar-refractivity contribution in [1.82, 2.24) is 9.38 Å². The Bertz CT molecular complexity index is 1800. The molecule has 0 unspecified atom stereocenters. The molecule has 4 heteroatoms. The SMILES string of the molecule is C1=CC(c2ccccc2)=CCC1.Cc1c2cc3sc4ccccc4c3cnc(N)n1c1ccccc21. The summed E-state index contributed by atoms with van der Waals surface area (Å²) in [6, 6.07) is 29.6. The third-order valence-electron chi connectivity index (χ3n) is 6.76. The van der Waals surface area contributed by atoms with Crippen LogP contribution in [0.2, 0.25) is 0 Å². The molecule has 3 heterocycles. The van der Waals surface area contributed by atoms with Crippen molar-refractivity contribution in [3.8, 4) is 0 Å². The molecule has 0 aliphatic heterocycles. The van der Waals surface area contributed by atoms with E-state index in [1.54, 1.807) is 11.3 Å². The quantitative estimate of drug-likeness (QED) is 0.253. The number of nitrogen functional groups attached to an aromatic ring is 1. The predicted molar refractivity (Wildman–Crippen MR) is 156 cm³/mol. The first kappa shape index (κ1) is 22.3. The Balaban J connectivity index is 0.000000168. The van der Waals surface area contributed by atoms with Crippen LogP contribution >= 0.6 is 11.3 Å². The summed E-state index contributed by atoms with van der Waals surface area (Å²) >= 11 is 1.80. The highest BCUT2D eigenvalue weighted by Crippen LogP contribution is 2.35. The summed E-state index contributed by atoms with van der Waals surface area (Å²) in [6.07, 6.45) is 11.0. The summed E-state index contributed by atoms with van der Waals surface area (Å²) in [5, 5.41) is 4.79. The number of hydrogen-bond acceptors (Lipinski definition) is 3. The topological polar surface area (TPSA) is 43.3 Å². The first-order valence-electron chi connectivity index (χ1n) is 12.3. The largest absolute Gasteiger partial charge is 0.369 e. The van der Waals surface area contributed by atoms with Gasteiger partial charge >= 0.3 is 0 Å². The van der Waals surface area contributed by atoms with Crippen molar-refractivity contribution < 1.29 is 0 Å². The molecule has 176 valence electrons. The van der Waals surface area contributed by atoms with Gasteiger partial charge in [-0.1, -0.05) is 85.0 Å². The number of para-hydroxylation sites is 1. The minimum atomic E-state index is 0.506. The molecule has 3 nitrogen and oxygen atoms in total. The zero-order chi connectivity index (χ0) is 24.5. The average molecular weight is 486 g/mol. The van der Waals surface area contributed by atoms with E-state index in [1.165, 1.54) is 49.5 Å². The van der Waals surface area contributed by atoms with Crippen LogP contribution in [0, 0.1) is 6.92 Å². The van der Waals surface area contributed by atoms with Gasteiger partial charge in [0.1, 0.15) is 0 Å². The van der Waals surface area contributed by atoms with E-state index in [4.69, 9.17) is 5.73 Å². The van der Waals surface area contributed by atoms with Gasteiger partial charge in [0.25, 0.3) is 0 Å². The summed E-state index contributed by atoms with van der Waals surface area (Å²) in [6.45, 7) is 2.10. The Morgan fingerprint density at radius 2 is 1.53 bits per heavy atom. The van der Waals surface area contributed by atoms with Gasteiger partial charge in [-0.05, 0) is 49.1 Å². The number of benzene rings is 3. The van der Waals surface area contributed by atoms with Crippen LogP contribution < -0.4 is 5.73 Å². The molecule has 0 atom stereocenters. The van der Waals surface area contributed by atoms with Crippen LogP contribution in [0.3, 0.4) is 0 Å². The maximum absolute atomic E-state index is 6.33. The van der Waals surface area contributed by atoms with Gasteiger partial charge in [0.15, 0.2) is 0 Å². The minimum Gasteiger partial charge on any atom is -0.369 e. The fourth-order valence-corrected chi connectivity index (χ4v) is 6.09. The molecule has 3 aromatic heterocycles. The lowest BCUT2D eigenvalue weighted by Crippen LogP contribution is -1.98. The van der Waals surface area contributed by atoms with Crippen LogP contribution in [0.4, 0.5) is 5.95 Å². The number of thiophene rings is 1. The highest BCUT2D eigenvalue weighted by Gasteiger charge is 2.11. The third-order valence-corrected chi connectivity index (χ3v) is 7.89. The molecule has 3 aromatic carbocycles. The van der Waals surface area contributed by atoms with Crippen LogP contribution in [0.25, 0.3) is 42.0 Å². The summed E-state index contributed by atoms with van der Waals surface area (Å²) in [7, 11) is 0. The lowest BCUT2D eigenvalue weighted by molar-refractivity contribution is 1.04. The zero-order valence-corrected chi connectivity index (χ0v) is 21.0.